The van der Waals surface area contributed by atoms with Crippen LogP contribution in [0.25, 0.3) is 10.9 Å². The number of hydrogen-bond donors (Lipinski definition) is 1. The number of rotatable bonds is 2. The maximum Gasteiger partial charge on any atom is 0.337 e. The molecular weight excluding hydrogens is 294 g/mol. The Morgan fingerprint density at radius 3 is 2.70 bits per heavy atom. The molecule has 0 radical (unpaired) electrons. The Morgan fingerprint density at radius 2 is 2.04 bits per heavy atom. The summed E-state index contributed by atoms with van der Waals surface area (Å²) in [4.78, 5) is 11.7. The summed E-state index contributed by atoms with van der Waals surface area (Å²) in [5.74, 6) is -1.39. The molecule has 0 saturated carbocycles. The molecule has 1 aromatic heterocycles. The van der Waals surface area contributed by atoms with E-state index in [1.54, 1.807) is 6.07 Å². The van der Waals surface area contributed by atoms with Gasteiger partial charge in [0.2, 0.25) is 0 Å². The number of ether oxygens (including phenoxy) is 2. The molecule has 1 aromatic carbocycles. The second-order valence-corrected chi connectivity index (χ2v) is 6.68. The highest BCUT2D eigenvalue weighted by Crippen LogP contribution is 2.42. The lowest BCUT2D eigenvalue weighted by molar-refractivity contribution is -0.163. The van der Waals surface area contributed by atoms with Gasteiger partial charge in [0.15, 0.2) is 5.79 Å². The van der Waals surface area contributed by atoms with Gasteiger partial charge in [-0.05, 0) is 31.9 Å². The number of aromatic carboxylic acids is 1. The molecule has 1 fully saturated rings. The monoisotopic (exact) mass is 315 g/mol. The van der Waals surface area contributed by atoms with Crippen molar-refractivity contribution in [3.05, 3.63) is 35.0 Å². The van der Waals surface area contributed by atoms with Crippen molar-refractivity contribution in [1.29, 1.82) is 0 Å². The van der Waals surface area contributed by atoms with Gasteiger partial charge in [0.1, 0.15) is 0 Å². The van der Waals surface area contributed by atoms with E-state index in [1.165, 1.54) is 11.3 Å². The van der Waals surface area contributed by atoms with Crippen molar-refractivity contribution in [2.45, 2.75) is 44.9 Å². The van der Waals surface area contributed by atoms with Gasteiger partial charge in [-0.2, -0.15) is 0 Å². The van der Waals surface area contributed by atoms with Crippen LogP contribution in [0.1, 0.15) is 47.9 Å². The third kappa shape index (κ3) is 2.11. The average Bonchev–Trinajstić information content (AvgIpc) is 3.09. The first-order valence-electron chi connectivity index (χ1n) is 8.18. The van der Waals surface area contributed by atoms with Gasteiger partial charge in [-0.25, -0.2) is 4.79 Å². The van der Waals surface area contributed by atoms with Crippen molar-refractivity contribution >= 4 is 16.9 Å². The van der Waals surface area contributed by atoms with Gasteiger partial charge in [0.25, 0.3) is 0 Å². The van der Waals surface area contributed by atoms with Gasteiger partial charge in [0.05, 0.1) is 24.3 Å². The van der Waals surface area contributed by atoms with Crippen LogP contribution in [0.3, 0.4) is 0 Å². The fourth-order valence-electron chi connectivity index (χ4n) is 4.10. The van der Waals surface area contributed by atoms with Crippen LogP contribution < -0.4 is 0 Å². The van der Waals surface area contributed by atoms with Crippen LogP contribution in [0.5, 0.6) is 0 Å². The van der Waals surface area contributed by atoms with Gasteiger partial charge in [-0.3, -0.25) is 0 Å². The number of fused-ring (bicyclic) bond motifs is 3. The van der Waals surface area contributed by atoms with Crippen molar-refractivity contribution in [1.82, 2.24) is 4.57 Å². The zero-order chi connectivity index (χ0) is 16.2. The maximum absolute atomic E-state index is 11.7. The number of aromatic nitrogens is 1. The molecule has 2 aromatic rings. The van der Waals surface area contributed by atoms with Crippen molar-refractivity contribution in [2.24, 2.45) is 0 Å². The number of carboxylic acid groups (broad SMARTS) is 1. The molecule has 0 unspecified atom stereocenters. The van der Waals surface area contributed by atoms with Crippen LogP contribution in [-0.4, -0.2) is 34.6 Å². The largest absolute Gasteiger partial charge is 0.478 e. The molecule has 1 spiro atoms. The van der Waals surface area contributed by atoms with E-state index in [9.17, 15) is 9.90 Å². The number of para-hydroxylation sites is 1. The Bertz CT molecular complexity index is 784. The van der Waals surface area contributed by atoms with Gasteiger partial charge >= 0.3 is 5.97 Å². The molecule has 5 heteroatoms. The SMILES string of the molecule is CC(C)n1c2c(c3cccc(C(=O)O)c31)CC1(CC2)OCCO1. The van der Waals surface area contributed by atoms with Gasteiger partial charge < -0.3 is 19.1 Å². The lowest BCUT2D eigenvalue weighted by Crippen LogP contribution is -2.37. The van der Waals surface area contributed by atoms with Crippen molar-refractivity contribution in [2.75, 3.05) is 13.2 Å². The van der Waals surface area contributed by atoms with Crippen LogP contribution in [0.15, 0.2) is 18.2 Å². The maximum atomic E-state index is 11.7. The van der Waals surface area contributed by atoms with E-state index < -0.39 is 11.8 Å². The van der Waals surface area contributed by atoms with E-state index in [0.29, 0.717) is 25.2 Å². The summed E-state index contributed by atoms with van der Waals surface area (Å²) in [6.45, 7) is 5.48. The smallest absolute Gasteiger partial charge is 0.337 e. The number of hydrogen-bond acceptors (Lipinski definition) is 3. The van der Waals surface area contributed by atoms with E-state index >= 15 is 0 Å². The minimum Gasteiger partial charge on any atom is -0.478 e. The summed E-state index contributed by atoms with van der Waals surface area (Å²) in [6.07, 6.45) is 2.37. The Morgan fingerprint density at radius 1 is 1.30 bits per heavy atom. The lowest BCUT2D eigenvalue weighted by atomic mass is 9.90. The quantitative estimate of drug-likeness (QED) is 0.925. The molecular formula is C18H21NO4. The van der Waals surface area contributed by atoms with Crippen molar-refractivity contribution < 1.29 is 19.4 Å². The topological polar surface area (TPSA) is 60.7 Å². The second-order valence-electron chi connectivity index (χ2n) is 6.68. The van der Waals surface area contributed by atoms with Crippen LogP contribution in [0.2, 0.25) is 0 Å². The highest BCUT2D eigenvalue weighted by Gasteiger charge is 2.42. The molecule has 0 atom stereocenters. The molecule has 5 nitrogen and oxygen atoms in total. The Kier molecular flexibility index (Phi) is 3.25. The van der Waals surface area contributed by atoms with E-state index in [0.717, 1.165) is 23.7 Å². The first-order valence-corrected chi connectivity index (χ1v) is 8.18. The second kappa shape index (κ2) is 5.08. The summed E-state index contributed by atoms with van der Waals surface area (Å²) in [6, 6.07) is 5.75. The van der Waals surface area contributed by atoms with E-state index in [1.807, 2.05) is 12.1 Å². The van der Waals surface area contributed by atoms with Gasteiger partial charge in [0, 0.05) is 30.0 Å². The van der Waals surface area contributed by atoms with Crippen LogP contribution in [-0.2, 0) is 22.3 Å². The number of carboxylic acids is 1. The van der Waals surface area contributed by atoms with E-state index in [4.69, 9.17) is 9.47 Å². The molecule has 1 N–H and O–H groups in total. The summed E-state index contributed by atoms with van der Waals surface area (Å²) < 4.78 is 14.0. The summed E-state index contributed by atoms with van der Waals surface area (Å²) in [5, 5.41) is 10.6. The Hall–Kier alpha value is -1.85. The summed E-state index contributed by atoms with van der Waals surface area (Å²) in [5.41, 5.74) is 3.61. The molecule has 23 heavy (non-hydrogen) atoms. The van der Waals surface area contributed by atoms with Gasteiger partial charge in [-0.15, -0.1) is 0 Å². The van der Waals surface area contributed by atoms with E-state index in [2.05, 4.69) is 18.4 Å². The van der Waals surface area contributed by atoms with Gasteiger partial charge in [-0.1, -0.05) is 12.1 Å². The third-order valence-electron chi connectivity index (χ3n) is 4.99. The van der Waals surface area contributed by atoms with Crippen LogP contribution >= 0.6 is 0 Å². The Labute approximate surface area is 134 Å². The molecule has 4 rings (SSSR count). The molecule has 0 bridgehead atoms. The molecule has 2 aliphatic rings. The fraction of sp³-hybridized carbons (Fsp3) is 0.500. The number of benzene rings is 1. The molecule has 1 aliphatic heterocycles. The predicted molar refractivity (Wildman–Crippen MR) is 85.9 cm³/mol. The van der Waals surface area contributed by atoms with E-state index in [-0.39, 0.29) is 6.04 Å². The summed E-state index contributed by atoms with van der Waals surface area (Å²) >= 11 is 0. The zero-order valence-electron chi connectivity index (χ0n) is 13.5. The van der Waals surface area contributed by atoms with Crippen molar-refractivity contribution in [3.8, 4) is 0 Å². The highest BCUT2D eigenvalue weighted by molar-refractivity contribution is 6.04. The predicted octanol–water partition coefficient (Wildman–Crippen LogP) is 3.15. The van der Waals surface area contributed by atoms with Crippen molar-refractivity contribution in [3.63, 3.8) is 0 Å². The summed E-state index contributed by atoms with van der Waals surface area (Å²) in [7, 11) is 0. The minimum atomic E-state index is -0.879. The lowest BCUT2D eigenvalue weighted by Gasteiger charge is -2.32. The fourth-order valence-corrected chi connectivity index (χ4v) is 4.10. The zero-order valence-corrected chi connectivity index (χ0v) is 13.5. The normalized spacial score (nSPS) is 19.6. The number of nitrogens with zero attached hydrogens (tertiary/aromatic N) is 1. The molecule has 1 saturated heterocycles. The minimum absolute atomic E-state index is 0.209. The first-order chi connectivity index (χ1) is 11.0. The standard InChI is InChI=1S/C18H21NO4/c1-11(2)19-15-6-7-18(22-8-9-23-18)10-14(15)12-4-3-5-13(16(12)19)17(20)21/h3-5,11H,6-10H2,1-2H3,(H,20,21). The molecule has 1 aliphatic carbocycles. The van der Waals surface area contributed by atoms with Crippen LogP contribution in [0.4, 0.5) is 0 Å². The first kappa shape index (κ1) is 14.7. The Balaban J connectivity index is 1.98. The molecule has 0 amide bonds. The highest BCUT2D eigenvalue weighted by atomic mass is 16.7. The van der Waals surface area contributed by atoms with Crippen LogP contribution in [0, 0.1) is 0 Å². The third-order valence-corrected chi connectivity index (χ3v) is 4.99. The molecule has 2 heterocycles. The number of carbonyl (C=O) groups is 1. The molecule has 122 valence electrons. The average molecular weight is 315 g/mol.